The van der Waals surface area contributed by atoms with Crippen molar-refractivity contribution in [3.8, 4) is 16.8 Å². The van der Waals surface area contributed by atoms with Gasteiger partial charge in [-0.15, -0.1) is 0 Å². The van der Waals surface area contributed by atoms with E-state index in [0.29, 0.717) is 26.8 Å². The zero-order valence-electron chi connectivity index (χ0n) is 20.9. The number of hydrogen-bond donors (Lipinski definition) is 1. The van der Waals surface area contributed by atoms with E-state index in [4.69, 9.17) is 34.8 Å². The van der Waals surface area contributed by atoms with Gasteiger partial charge in [0.15, 0.2) is 0 Å². The van der Waals surface area contributed by atoms with Crippen LogP contribution in [0.1, 0.15) is 39.7 Å². The Balaban J connectivity index is 1.92. The molecule has 1 aliphatic heterocycles. The van der Waals surface area contributed by atoms with Crippen LogP contribution in [0, 0.1) is 5.82 Å². The van der Waals surface area contributed by atoms with Gasteiger partial charge in [0.25, 0.3) is 5.56 Å². The predicted octanol–water partition coefficient (Wildman–Crippen LogP) is 8.69. The monoisotopic (exact) mass is 554 g/mol. The molecule has 4 aromatic rings. The number of hydrogen-bond acceptors (Lipinski definition) is 2. The molecule has 2 heterocycles. The number of aromatic nitrogens is 1. The maximum atomic E-state index is 14.0. The molecule has 0 saturated carbocycles. The molecule has 0 amide bonds. The van der Waals surface area contributed by atoms with E-state index in [9.17, 15) is 9.18 Å². The molecule has 0 aliphatic carbocycles. The summed E-state index contributed by atoms with van der Waals surface area (Å²) in [7, 11) is 0. The lowest BCUT2D eigenvalue weighted by Gasteiger charge is -2.41. The molecule has 7 heteroatoms. The van der Waals surface area contributed by atoms with Crippen molar-refractivity contribution in [2.45, 2.75) is 45.2 Å². The number of nitrogens with one attached hydrogen (secondary N) is 1. The third-order valence-corrected chi connectivity index (χ3v) is 7.52. The zero-order valence-corrected chi connectivity index (χ0v) is 23.2. The maximum absolute atomic E-state index is 14.0. The Morgan fingerprint density at radius 1 is 0.865 bits per heavy atom. The van der Waals surface area contributed by atoms with Gasteiger partial charge in [0.05, 0.1) is 26.3 Å². The fourth-order valence-corrected chi connectivity index (χ4v) is 6.33. The minimum absolute atomic E-state index is 0.154. The molecule has 3 aromatic carbocycles. The van der Waals surface area contributed by atoms with E-state index in [1.807, 2.05) is 6.07 Å². The van der Waals surface area contributed by atoms with Gasteiger partial charge in [0, 0.05) is 28.1 Å². The second kappa shape index (κ2) is 9.28. The molecule has 0 atom stereocenters. The summed E-state index contributed by atoms with van der Waals surface area (Å²) in [5, 5.41) is 5.43. The van der Waals surface area contributed by atoms with Crippen LogP contribution in [0.3, 0.4) is 0 Å². The van der Waals surface area contributed by atoms with Gasteiger partial charge in [-0.1, -0.05) is 46.9 Å². The average Bonchev–Trinajstić information content (AvgIpc) is 2.77. The molecule has 0 bridgehead atoms. The molecule has 1 aromatic heterocycles. The van der Waals surface area contributed by atoms with Gasteiger partial charge in [0.2, 0.25) is 0 Å². The Kier molecular flexibility index (Phi) is 6.52. The van der Waals surface area contributed by atoms with Crippen LogP contribution < -0.4 is 10.9 Å². The van der Waals surface area contributed by atoms with Gasteiger partial charge in [-0.25, -0.2) is 4.39 Å². The summed E-state index contributed by atoms with van der Waals surface area (Å²) in [4.78, 5) is 13.3. The first-order valence-electron chi connectivity index (χ1n) is 12.0. The topological polar surface area (TPSA) is 34.0 Å². The summed E-state index contributed by atoms with van der Waals surface area (Å²) in [5.41, 5.74) is 3.89. The van der Waals surface area contributed by atoms with Gasteiger partial charge in [-0.05, 0) is 99.3 Å². The van der Waals surface area contributed by atoms with Crippen LogP contribution in [0.5, 0.6) is 0 Å². The molecule has 1 aliphatic rings. The number of nitrogens with zero attached hydrogens (tertiary/aromatic N) is 1. The third-order valence-electron chi connectivity index (χ3n) is 6.59. The molecule has 0 unspecified atom stereocenters. The van der Waals surface area contributed by atoms with E-state index in [0.717, 1.165) is 28.5 Å². The Labute approximate surface area is 230 Å². The van der Waals surface area contributed by atoms with Gasteiger partial charge in [-0.3, -0.25) is 9.36 Å². The highest BCUT2D eigenvalue weighted by Gasteiger charge is 2.33. The van der Waals surface area contributed by atoms with Crippen molar-refractivity contribution in [3.63, 3.8) is 0 Å². The van der Waals surface area contributed by atoms with Crippen LogP contribution in [0.4, 0.5) is 4.39 Å². The summed E-state index contributed by atoms with van der Waals surface area (Å²) >= 11 is 19.7. The van der Waals surface area contributed by atoms with E-state index < -0.39 is 5.82 Å². The normalized spacial score (nSPS) is 16.6. The molecule has 1 N–H and O–H groups in total. The number of halogens is 4. The van der Waals surface area contributed by atoms with E-state index in [1.165, 1.54) is 18.2 Å². The van der Waals surface area contributed by atoms with Crippen LogP contribution in [0.15, 0.2) is 71.5 Å². The van der Waals surface area contributed by atoms with Gasteiger partial charge < -0.3 is 5.32 Å². The minimum Gasteiger partial charge on any atom is -0.303 e. The standard InChI is InChI=1S/C30H26Cl3FN2O/c1-29(2)15-18(16-30(3,4)35-29)17-12-22(20-9-8-19(34)14-25(20)33)21-10-11-27(37)36(26(21)13-17)28-23(31)6-5-7-24(28)32/h5-15,35H,16H2,1-4H3. The number of para-hydroxylation sites is 1. The average molecular weight is 556 g/mol. The summed E-state index contributed by atoms with van der Waals surface area (Å²) in [6.07, 6.45) is 2.98. The molecule has 0 radical (unpaired) electrons. The first-order valence-corrected chi connectivity index (χ1v) is 13.1. The smallest absolute Gasteiger partial charge is 0.255 e. The number of rotatable bonds is 3. The van der Waals surface area contributed by atoms with Crippen LogP contribution >= 0.6 is 34.8 Å². The van der Waals surface area contributed by atoms with Crippen molar-refractivity contribution in [1.29, 1.82) is 0 Å². The Hall–Kier alpha value is -2.63. The van der Waals surface area contributed by atoms with Gasteiger partial charge >= 0.3 is 0 Å². The summed E-state index contributed by atoms with van der Waals surface area (Å²) < 4.78 is 15.5. The SMILES string of the molecule is CC1(C)C=C(c2cc(-c3ccc(F)cc3Cl)c3ccc(=O)n(-c4c(Cl)cccc4Cl)c3c2)CC(C)(C)N1. The second-order valence-electron chi connectivity index (χ2n) is 10.7. The Morgan fingerprint density at radius 3 is 2.22 bits per heavy atom. The van der Waals surface area contributed by atoms with Crippen molar-refractivity contribution in [1.82, 2.24) is 9.88 Å². The lowest BCUT2D eigenvalue weighted by atomic mass is 9.80. The molecule has 190 valence electrons. The fourth-order valence-electron chi connectivity index (χ4n) is 5.50. The molecular weight excluding hydrogens is 530 g/mol. The van der Waals surface area contributed by atoms with E-state index in [2.05, 4.69) is 45.2 Å². The van der Waals surface area contributed by atoms with Crippen molar-refractivity contribution in [2.75, 3.05) is 0 Å². The Bertz CT molecular complexity index is 1630. The number of benzene rings is 3. The van der Waals surface area contributed by atoms with E-state index >= 15 is 0 Å². The summed E-state index contributed by atoms with van der Waals surface area (Å²) in [5.74, 6) is -0.418. The minimum atomic E-state index is -0.418. The van der Waals surface area contributed by atoms with Gasteiger partial charge in [0.1, 0.15) is 5.82 Å². The first kappa shape index (κ1) is 26.0. The van der Waals surface area contributed by atoms with Crippen molar-refractivity contribution in [3.05, 3.63) is 104 Å². The summed E-state index contributed by atoms with van der Waals surface area (Å²) in [6.45, 7) is 8.60. The number of fused-ring (bicyclic) bond motifs is 1. The second-order valence-corrected chi connectivity index (χ2v) is 12.0. The quantitative estimate of drug-likeness (QED) is 0.274. The highest BCUT2D eigenvalue weighted by atomic mass is 35.5. The van der Waals surface area contributed by atoms with E-state index in [-0.39, 0.29) is 21.7 Å². The summed E-state index contributed by atoms with van der Waals surface area (Å²) in [6, 6.07) is 16.8. The molecule has 5 rings (SSSR count). The Morgan fingerprint density at radius 2 is 1.57 bits per heavy atom. The molecule has 3 nitrogen and oxygen atoms in total. The number of pyridine rings is 1. The fraction of sp³-hybridized carbons (Fsp3) is 0.233. The molecule has 0 saturated heterocycles. The van der Waals surface area contributed by atoms with Crippen LogP contribution in [0.25, 0.3) is 33.3 Å². The molecular formula is C30H26Cl3FN2O. The molecule has 0 spiro atoms. The maximum Gasteiger partial charge on any atom is 0.255 e. The predicted molar refractivity (Wildman–Crippen MR) is 154 cm³/mol. The van der Waals surface area contributed by atoms with Gasteiger partial charge in [-0.2, -0.15) is 0 Å². The van der Waals surface area contributed by atoms with Crippen molar-refractivity contribution in [2.24, 2.45) is 0 Å². The third kappa shape index (κ3) is 4.96. The largest absolute Gasteiger partial charge is 0.303 e. The lowest BCUT2D eigenvalue weighted by Crippen LogP contribution is -2.53. The molecule has 37 heavy (non-hydrogen) atoms. The lowest BCUT2D eigenvalue weighted by molar-refractivity contribution is 0.297. The zero-order chi connectivity index (χ0) is 26.7. The highest BCUT2D eigenvalue weighted by Crippen LogP contribution is 2.41. The van der Waals surface area contributed by atoms with Crippen LogP contribution in [0.2, 0.25) is 15.1 Å². The van der Waals surface area contributed by atoms with Crippen LogP contribution in [-0.4, -0.2) is 15.6 Å². The van der Waals surface area contributed by atoms with Crippen molar-refractivity contribution >= 4 is 51.3 Å². The van der Waals surface area contributed by atoms with Crippen molar-refractivity contribution < 1.29 is 4.39 Å². The van der Waals surface area contributed by atoms with E-state index in [1.54, 1.807) is 34.9 Å². The first-order chi connectivity index (χ1) is 17.3. The molecule has 0 fully saturated rings. The van der Waals surface area contributed by atoms with Crippen LogP contribution in [-0.2, 0) is 0 Å². The highest BCUT2D eigenvalue weighted by molar-refractivity contribution is 6.38.